The molecule has 14 heteroatoms. The number of ether oxygens (including phenoxy) is 6. The molecule has 2 fully saturated rings. The van der Waals surface area contributed by atoms with E-state index >= 15 is 0 Å². The van der Waals surface area contributed by atoms with Crippen LogP contribution in [-0.4, -0.2) is 117 Å². The standard InChI is InChI=1S/C30H36O14/c1-3-4-16-6-9-20(21(12-16)39-2)43-28-26(36)25(35)24(34)22(44-28)13-40-29-27(37)30(38,15-42-29)14-41-23(33)10-7-17-5-8-18(31)19(32)11-17/h3,5-12,22,24-29,31-32,34-38H,1,4,13-15H2,2H3/b10-7+/t22-,24+,25+,26-,27+,28-,29-,30-/m1/s1. The van der Waals surface area contributed by atoms with Crippen molar-refractivity contribution in [3.8, 4) is 23.0 Å². The molecule has 2 aromatic carbocycles. The molecule has 0 aliphatic carbocycles. The van der Waals surface area contributed by atoms with Crippen molar-refractivity contribution in [3.05, 3.63) is 66.3 Å². The zero-order chi connectivity index (χ0) is 32.0. The summed E-state index contributed by atoms with van der Waals surface area (Å²) >= 11 is 0. The largest absolute Gasteiger partial charge is 0.504 e. The Labute approximate surface area is 252 Å². The Morgan fingerprint density at radius 1 is 1.02 bits per heavy atom. The summed E-state index contributed by atoms with van der Waals surface area (Å²) in [5.74, 6) is -1.02. The van der Waals surface area contributed by atoms with Crippen LogP contribution in [0.5, 0.6) is 23.0 Å². The molecule has 0 bridgehead atoms. The number of allylic oxidation sites excluding steroid dienone is 1. The molecule has 0 unspecified atom stereocenters. The summed E-state index contributed by atoms with van der Waals surface area (Å²) in [6, 6.07) is 8.98. The third kappa shape index (κ3) is 7.67. The summed E-state index contributed by atoms with van der Waals surface area (Å²) in [5.41, 5.74) is -0.744. The van der Waals surface area contributed by atoms with Crippen LogP contribution in [0.4, 0.5) is 0 Å². The Morgan fingerprint density at radius 2 is 1.80 bits per heavy atom. The van der Waals surface area contributed by atoms with E-state index in [0.717, 1.165) is 11.6 Å². The van der Waals surface area contributed by atoms with Crippen LogP contribution >= 0.6 is 0 Å². The van der Waals surface area contributed by atoms with Crippen LogP contribution in [-0.2, 0) is 30.2 Å². The average molecular weight is 621 g/mol. The second kappa shape index (κ2) is 14.4. The molecule has 0 aromatic heterocycles. The number of phenolic OH excluding ortho intramolecular Hbond substituents is 2. The fourth-order valence-electron chi connectivity index (χ4n) is 4.54. The van der Waals surface area contributed by atoms with Gasteiger partial charge in [0.15, 0.2) is 34.9 Å². The van der Waals surface area contributed by atoms with Crippen molar-refractivity contribution in [2.45, 2.75) is 55.1 Å². The third-order valence-electron chi connectivity index (χ3n) is 7.13. The summed E-state index contributed by atoms with van der Waals surface area (Å²) in [7, 11) is 1.43. The molecule has 0 radical (unpaired) electrons. The van der Waals surface area contributed by atoms with E-state index in [-0.39, 0.29) is 17.2 Å². The van der Waals surface area contributed by atoms with E-state index in [1.165, 1.54) is 31.4 Å². The van der Waals surface area contributed by atoms with Crippen LogP contribution in [0.15, 0.2) is 55.1 Å². The van der Waals surface area contributed by atoms with Crippen LogP contribution in [0.2, 0.25) is 0 Å². The van der Waals surface area contributed by atoms with E-state index in [9.17, 15) is 40.5 Å². The van der Waals surface area contributed by atoms with Gasteiger partial charge in [0, 0.05) is 6.08 Å². The first-order valence-electron chi connectivity index (χ1n) is 13.6. The Kier molecular flexibility index (Phi) is 10.8. The van der Waals surface area contributed by atoms with Gasteiger partial charge in [-0.15, -0.1) is 6.58 Å². The van der Waals surface area contributed by atoms with E-state index in [2.05, 4.69) is 6.58 Å². The fraction of sp³-hybridized carbons (Fsp3) is 0.433. The predicted octanol–water partition coefficient (Wildman–Crippen LogP) is -0.257. The number of benzene rings is 2. The first kappa shape index (κ1) is 33.2. The van der Waals surface area contributed by atoms with Crippen LogP contribution in [0.25, 0.3) is 6.08 Å². The number of carbonyl (C=O) groups is 1. The number of carbonyl (C=O) groups excluding carboxylic acids is 1. The molecule has 0 saturated carbocycles. The van der Waals surface area contributed by atoms with Crippen molar-refractivity contribution in [1.29, 1.82) is 0 Å². The molecule has 2 aliphatic heterocycles. The summed E-state index contributed by atoms with van der Waals surface area (Å²) in [5, 5.41) is 71.8. The van der Waals surface area contributed by atoms with Gasteiger partial charge in [0.25, 0.3) is 0 Å². The minimum absolute atomic E-state index is 0.206. The number of hydrogen-bond donors (Lipinski definition) is 7. The lowest BCUT2D eigenvalue weighted by atomic mass is 9.99. The first-order chi connectivity index (χ1) is 20.9. The van der Waals surface area contributed by atoms with E-state index in [1.54, 1.807) is 24.3 Å². The number of rotatable bonds is 12. The number of aliphatic hydroxyl groups is 5. The molecule has 2 aromatic rings. The summed E-state index contributed by atoms with van der Waals surface area (Å²) in [4.78, 5) is 12.1. The van der Waals surface area contributed by atoms with Gasteiger partial charge in [0.1, 0.15) is 37.1 Å². The van der Waals surface area contributed by atoms with E-state index in [0.29, 0.717) is 17.7 Å². The topological polar surface area (TPSA) is 214 Å². The Balaban J connectivity index is 1.31. The molecule has 240 valence electrons. The van der Waals surface area contributed by atoms with Crippen LogP contribution in [0, 0.1) is 0 Å². The summed E-state index contributed by atoms with van der Waals surface area (Å²) in [6.45, 7) is 2.11. The minimum atomic E-state index is -2.04. The zero-order valence-corrected chi connectivity index (χ0v) is 23.8. The maximum absolute atomic E-state index is 12.1. The highest BCUT2D eigenvalue weighted by Gasteiger charge is 2.51. The number of aromatic hydroxyl groups is 2. The van der Waals surface area contributed by atoms with Gasteiger partial charge >= 0.3 is 5.97 Å². The predicted molar refractivity (Wildman–Crippen MR) is 151 cm³/mol. The van der Waals surface area contributed by atoms with Crippen LogP contribution in [0.3, 0.4) is 0 Å². The van der Waals surface area contributed by atoms with Crippen molar-refractivity contribution in [1.82, 2.24) is 0 Å². The maximum atomic E-state index is 12.1. The molecule has 7 N–H and O–H groups in total. The maximum Gasteiger partial charge on any atom is 0.330 e. The fourth-order valence-corrected chi connectivity index (χ4v) is 4.54. The van der Waals surface area contributed by atoms with E-state index in [4.69, 9.17) is 28.4 Å². The first-order valence-corrected chi connectivity index (χ1v) is 13.6. The van der Waals surface area contributed by atoms with Crippen molar-refractivity contribution < 1.29 is 69.0 Å². The Morgan fingerprint density at radius 3 is 2.50 bits per heavy atom. The molecular formula is C30H36O14. The Bertz CT molecular complexity index is 1330. The normalized spacial score (nSPS) is 30.3. The van der Waals surface area contributed by atoms with Gasteiger partial charge in [-0.3, -0.25) is 0 Å². The van der Waals surface area contributed by atoms with Gasteiger partial charge in [-0.1, -0.05) is 18.2 Å². The van der Waals surface area contributed by atoms with Crippen LogP contribution in [0.1, 0.15) is 11.1 Å². The monoisotopic (exact) mass is 620 g/mol. The highest BCUT2D eigenvalue weighted by molar-refractivity contribution is 5.87. The molecule has 14 nitrogen and oxygen atoms in total. The number of hydrogen-bond acceptors (Lipinski definition) is 14. The van der Waals surface area contributed by atoms with Crippen molar-refractivity contribution in [2.24, 2.45) is 0 Å². The van der Waals surface area contributed by atoms with Crippen molar-refractivity contribution >= 4 is 12.0 Å². The van der Waals surface area contributed by atoms with Crippen molar-refractivity contribution in [3.63, 3.8) is 0 Å². The molecule has 2 aliphatic rings. The lowest BCUT2D eigenvalue weighted by molar-refractivity contribution is -0.289. The molecule has 4 rings (SSSR count). The molecule has 2 heterocycles. The Hall–Kier alpha value is -3.73. The van der Waals surface area contributed by atoms with Gasteiger partial charge in [-0.25, -0.2) is 4.79 Å². The molecular weight excluding hydrogens is 584 g/mol. The lowest BCUT2D eigenvalue weighted by Gasteiger charge is -2.40. The second-order valence-corrected chi connectivity index (χ2v) is 10.4. The number of phenols is 2. The van der Waals surface area contributed by atoms with Crippen LogP contribution < -0.4 is 9.47 Å². The van der Waals surface area contributed by atoms with Gasteiger partial charge in [-0.2, -0.15) is 0 Å². The summed E-state index contributed by atoms with van der Waals surface area (Å²) in [6.07, 6.45) is -6.10. The quantitative estimate of drug-likeness (QED) is 0.0705. The number of aliphatic hydroxyl groups excluding tert-OH is 4. The summed E-state index contributed by atoms with van der Waals surface area (Å²) < 4.78 is 32.7. The molecule has 0 amide bonds. The minimum Gasteiger partial charge on any atom is -0.504 e. The SMILES string of the molecule is C=CCc1ccc(O[C@@H]2O[C@H](CO[C@@H]3OC[C@](O)(COC(=O)/C=C/c4ccc(O)c(O)c4)[C@H]3O)[C@H](O)[C@H](O)[C@H]2O)c(OC)c1. The second-order valence-electron chi connectivity index (χ2n) is 10.4. The van der Waals surface area contributed by atoms with Gasteiger partial charge < -0.3 is 64.2 Å². The molecule has 2 saturated heterocycles. The zero-order valence-electron chi connectivity index (χ0n) is 23.8. The molecule has 0 spiro atoms. The third-order valence-corrected chi connectivity index (χ3v) is 7.13. The molecule has 44 heavy (non-hydrogen) atoms. The number of esters is 1. The average Bonchev–Trinajstić information content (AvgIpc) is 3.30. The van der Waals surface area contributed by atoms with E-state index in [1.807, 2.05) is 0 Å². The number of methoxy groups -OCH3 is 1. The van der Waals surface area contributed by atoms with Gasteiger partial charge in [0.2, 0.25) is 6.29 Å². The lowest BCUT2D eigenvalue weighted by Crippen LogP contribution is -2.60. The van der Waals surface area contributed by atoms with Gasteiger partial charge in [0.05, 0.1) is 20.3 Å². The van der Waals surface area contributed by atoms with Gasteiger partial charge in [-0.05, 0) is 47.9 Å². The van der Waals surface area contributed by atoms with Crippen molar-refractivity contribution in [2.75, 3.05) is 26.9 Å². The highest BCUT2D eigenvalue weighted by Crippen LogP contribution is 2.33. The molecule has 8 atom stereocenters. The van der Waals surface area contributed by atoms with E-state index < -0.39 is 74.5 Å². The smallest absolute Gasteiger partial charge is 0.330 e. The highest BCUT2D eigenvalue weighted by atomic mass is 16.7.